The number of nitrogens with two attached hydrogens (primary N) is 1. The lowest BCUT2D eigenvalue weighted by atomic mass is 10.1. The fourth-order valence-electron chi connectivity index (χ4n) is 1.75. The Morgan fingerprint density at radius 1 is 1.41 bits per heavy atom. The summed E-state index contributed by atoms with van der Waals surface area (Å²) in [6.45, 7) is 2.91. The summed E-state index contributed by atoms with van der Waals surface area (Å²) in [6, 6.07) is 6.04. The first-order valence-electron chi connectivity index (χ1n) is 5.84. The first-order valence-corrected chi connectivity index (χ1v) is 5.84. The van der Waals surface area contributed by atoms with Gasteiger partial charge in [0.2, 0.25) is 0 Å². The number of nitrogen functional groups attached to an aromatic ring is 1. The van der Waals surface area contributed by atoms with Gasteiger partial charge in [-0.15, -0.1) is 0 Å². The van der Waals surface area contributed by atoms with Gasteiger partial charge in [-0.2, -0.15) is 0 Å². The number of nitrogens with one attached hydrogen (secondary N) is 2. The summed E-state index contributed by atoms with van der Waals surface area (Å²) in [5.74, 6) is 1.03. The van der Waals surface area contributed by atoms with E-state index < -0.39 is 0 Å². The Morgan fingerprint density at radius 3 is 3.06 bits per heavy atom. The van der Waals surface area contributed by atoms with E-state index in [-0.39, 0.29) is 0 Å². The van der Waals surface area contributed by atoms with Gasteiger partial charge >= 0.3 is 0 Å². The van der Waals surface area contributed by atoms with Gasteiger partial charge in [0.05, 0.1) is 11.4 Å². The van der Waals surface area contributed by atoms with E-state index in [0.717, 1.165) is 42.1 Å². The normalized spacial score (nSPS) is 10.4. The maximum atomic E-state index is 5.98. The number of imidazole rings is 1. The van der Waals surface area contributed by atoms with Crippen LogP contribution in [0, 0.1) is 6.92 Å². The topological polar surface area (TPSA) is 66.7 Å². The van der Waals surface area contributed by atoms with E-state index in [1.807, 2.05) is 31.3 Å². The monoisotopic (exact) mass is 230 g/mol. The van der Waals surface area contributed by atoms with Crippen LogP contribution in [0.2, 0.25) is 0 Å². The Bertz CT molecular complexity index is 462. The molecule has 0 aliphatic rings. The molecule has 0 saturated heterocycles. The molecule has 0 saturated carbocycles. The number of nitrogens with zero attached hydrogens (tertiary/aromatic N) is 1. The minimum Gasteiger partial charge on any atom is -0.397 e. The van der Waals surface area contributed by atoms with Crippen molar-refractivity contribution in [2.24, 2.45) is 0 Å². The number of H-pyrrole nitrogens is 1. The Kier molecular flexibility index (Phi) is 3.65. The smallest absolute Gasteiger partial charge is 0.106 e. The molecule has 4 N–H and O–H groups in total. The number of aryl methyl sites for hydroxylation is 2. The third-order valence-electron chi connectivity index (χ3n) is 2.78. The molecule has 1 heterocycles. The molecule has 1 aromatic heterocycles. The van der Waals surface area contributed by atoms with Crippen molar-refractivity contribution in [3.05, 3.63) is 42.0 Å². The number of hydrogen-bond acceptors (Lipinski definition) is 3. The summed E-state index contributed by atoms with van der Waals surface area (Å²) < 4.78 is 0. The molecule has 4 heteroatoms. The van der Waals surface area contributed by atoms with Crippen LogP contribution in [-0.2, 0) is 6.42 Å². The van der Waals surface area contributed by atoms with Crippen molar-refractivity contribution in [1.29, 1.82) is 0 Å². The molecule has 0 bridgehead atoms. The van der Waals surface area contributed by atoms with Crippen molar-refractivity contribution in [2.45, 2.75) is 19.8 Å². The number of para-hydroxylation sites is 1. The largest absolute Gasteiger partial charge is 0.397 e. The van der Waals surface area contributed by atoms with E-state index in [0.29, 0.717) is 0 Å². The van der Waals surface area contributed by atoms with Crippen LogP contribution < -0.4 is 11.1 Å². The summed E-state index contributed by atoms with van der Waals surface area (Å²) >= 11 is 0. The lowest BCUT2D eigenvalue weighted by Gasteiger charge is -2.10. The maximum Gasteiger partial charge on any atom is 0.106 e. The average Bonchev–Trinajstić information content (AvgIpc) is 2.83. The van der Waals surface area contributed by atoms with Crippen LogP contribution in [0.15, 0.2) is 30.6 Å². The molecule has 0 aliphatic carbocycles. The number of hydrogen-bond donors (Lipinski definition) is 3. The average molecular weight is 230 g/mol. The quantitative estimate of drug-likeness (QED) is 0.545. The second-order valence-corrected chi connectivity index (χ2v) is 4.10. The predicted molar refractivity (Wildman–Crippen MR) is 71.0 cm³/mol. The third kappa shape index (κ3) is 3.00. The molecule has 0 unspecified atom stereocenters. The Balaban J connectivity index is 1.80. The highest BCUT2D eigenvalue weighted by Crippen LogP contribution is 2.21. The number of aromatic nitrogens is 2. The van der Waals surface area contributed by atoms with Crippen molar-refractivity contribution < 1.29 is 0 Å². The zero-order valence-corrected chi connectivity index (χ0v) is 10.0. The lowest BCUT2D eigenvalue weighted by molar-refractivity contribution is 0.816. The minimum absolute atomic E-state index is 0.838. The third-order valence-corrected chi connectivity index (χ3v) is 2.78. The summed E-state index contributed by atoms with van der Waals surface area (Å²) in [4.78, 5) is 7.28. The molecule has 90 valence electrons. The van der Waals surface area contributed by atoms with Crippen molar-refractivity contribution in [3.8, 4) is 0 Å². The first kappa shape index (κ1) is 11.5. The molecule has 0 amide bonds. The molecule has 17 heavy (non-hydrogen) atoms. The van der Waals surface area contributed by atoms with Crippen molar-refractivity contribution >= 4 is 11.4 Å². The van der Waals surface area contributed by atoms with Gasteiger partial charge in [-0.05, 0) is 25.0 Å². The van der Waals surface area contributed by atoms with Gasteiger partial charge in [0, 0.05) is 25.4 Å². The number of rotatable bonds is 5. The van der Waals surface area contributed by atoms with E-state index >= 15 is 0 Å². The molecular formula is C13H18N4. The van der Waals surface area contributed by atoms with Crippen molar-refractivity contribution in [2.75, 3.05) is 17.6 Å². The van der Waals surface area contributed by atoms with Gasteiger partial charge in [0.25, 0.3) is 0 Å². The van der Waals surface area contributed by atoms with Gasteiger partial charge in [0.1, 0.15) is 5.82 Å². The van der Waals surface area contributed by atoms with Crippen LogP contribution in [0.1, 0.15) is 17.8 Å². The van der Waals surface area contributed by atoms with Gasteiger partial charge in [-0.25, -0.2) is 4.98 Å². The molecular weight excluding hydrogens is 212 g/mol. The van der Waals surface area contributed by atoms with Crippen LogP contribution in [0.3, 0.4) is 0 Å². The summed E-state index contributed by atoms with van der Waals surface area (Å²) in [6.07, 6.45) is 5.61. The molecule has 0 spiro atoms. The van der Waals surface area contributed by atoms with E-state index in [2.05, 4.69) is 15.3 Å². The summed E-state index contributed by atoms with van der Waals surface area (Å²) in [7, 11) is 0. The Morgan fingerprint density at radius 2 is 2.29 bits per heavy atom. The number of anilines is 2. The Labute approximate surface area is 101 Å². The lowest BCUT2D eigenvalue weighted by Crippen LogP contribution is -2.06. The fraction of sp³-hybridized carbons (Fsp3) is 0.308. The van der Waals surface area contributed by atoms with Crippen LogP contribution in [-0.4, -0.2) is 16.5 Å². The Hall–Kier alpha value is -1.97. The minimum atomic E-state index is 0.838. The fourth-order valence-corrected chi connectivity index (χ4v) is 1.75. The van der Waals surface area contributed by atoms with Crippen LogP contribution >= 0.6 is 0 Å². The van der Waals surface area contributed by atoms with E-state index in [4.69, 9.17) is 5.73 Å². The SMILES string of the molecule is Cc1cccc(NCCCc2ncc[nH]2)c1N. The maximum absolute atomic E-state index is 5.98. The first-order chi connectivity index (χ1) is 8.27. The molecule has 1 aromatic carbocycles. The summed E-state index contributed by atoms with van der Waals surface area (Å²) in [5, 5.41) is 3.35. The van der Waals surface area contributed by atoms with Crippen LogP contribution in [0.5, 0.6) is 0 Å². The van der Waals surface area contributed by atoms with E-state index in [1.165, 1.54) is 0 Å². The predicted octanol–water partition coefficient (Wildman–Crippen LogP) is 2.35. The van der Waals surface area contributed by atoms with Crippen LogP contribution in [0.4, 0.5) is 11.4 Å². The second kappa shape index (κ2) is 5.39. The standard InChI is InChI=1S/C13H18N4/c1-10-4-2-5-11(13(10)14)15-7-3-6-12-16-8-9-17-12/h2,4-5,8-9,15H,3,6-7,14H2,1H3,(H,16,17). The highest BCUT2D eigenvalue weighted by molar-refractivity contribution is 5.69. The molecule has 2 aromatic rings. The second-order valence-electron chi connectivity index (χ2n) is 4.10. The highest BCUT2D eigenvalue weighted by atomic mass is 14.9. The molecule has 4 nitrogen and oxygen atoms in total. The van der Waals surface area contributed by atoms with E-state index in [1.54, 1.807) is 6.20 Å². The molecule has 0 aliphatic heterocycles. The van der Waals surface area contributed by atoms with Gasteiger partial charge in [0.15, 0.2) is 0 Å². The number of aromatic amines is 1. The van der Waals surface area contributed by atoms with Gasteiger partial charge in [-0.1, -0.05) is 12.1 Å². The van der Waals surface area contributed by atoms with Gasteiger partial charge in [-0.3, -0.25) is 0 Å². The molecule has 2 rings (SSSR count). The molecule has 0 radical (unpaired) electrons. The van der Waals surface area contributed by atoms with E-state index in [9.17, 15) is 0 Å². The number of benzene rings is 1. The van der Waals surface area contributed by atoms with Crippen molar-refractivity contribution in [1.82, 2.24) is 9.97 Å². The highest BCUT2D eigenvalue weighted by Gasteiger charge is 2.00. The van der Waals surface area contributed by atoms with Crippen molar-refractivity contribution in [3.63, 3.8) is 0 Å². The van der Waals surface area contributed by atoms with Crippen LogP contribution in [0.25, 0.3) is 0 Å². The summed E-state index contributed by atoms with van der Waals surface area (Å²) in [5.41, 5.74) is 8.95. The van der Waals surface area contributed by atoms with Gasteiger partial charge < -0.3 is 16.0 Å². The zero-order valence-electron chi connectivity index (χ0n) is 10.0. The zero-order chi connectivity index (χ0) is 12.1. The molecule has 0 atom stereocenters. The molecule has 0 fully saturated rings.